The molecule has 0 aliphatic rings. The van der Waals surface area contributed by atoms with Crippen LogP contribution in [0.3, 0.4) is 0 Å². The zero-order valence-corrected chi connectivity index (χ0v) is 25.7. The van der Waals surface area contributed by atoms with Crippen molar-refractivity contribution in [2.24, 2.45) is 0 Å². The molecule has 3 rings (SSSR count). The maximum Gasteiger partial charge on any atom is 0.264 e. The minimum Gasteiger partial charge on any atom is -0.355 e. The predicted molar refractivity (Wildman–Crippen MR) is 161 cm³/mol. The number of rotatable bonds is 11. The number of anilines is 1. The number of amides is 2. The van der Waals surface area contributed by atoms with Crippen LogP contribution in [-0.2, 0) is 26.2 Å². The van der Waals surface area contributed by atoms with Gasteiger partial charge in [-0.25, -0.2) is 8.42 Å². The van der Waals surface area contributed by atoms with Crippen LogP contribution in [0, 0.1) is 20.8 Å². The van der Waals surface area contributed by atoms with Gasteiger partial charge in [0.2, 0.25) is 11.8 Å². The third-order valence-corrected chi connectivity index (χ3v) is 9.32. The molecule has 0 bridgehead atoms. The van der Waals surface area contributed by atoms with Crippen molar-refractivity contribution in [3.63, 3.8) is 0 Å². The molecule has 3 aromatic carbocycles. The Hall–Kier alpha value is -3.07. The molecule has 214 valence electrons. The van der Waals surface area contributed by atoms with Crippen molar-refractivity contribution in [1.29, 1.82) is 0 Å². The minimum absolute atomic E-state index is 0.0383. The summed E-state index contributed by atoms with van der Waals surface area (Å²) < 4.78 is 29.2. The minimum atomic E-state index is -4.14. The highest BCUT2D eigenvalue weighted by atomic mass is 35.5. The molecular formula is C30H35Cl2N3O4S. The Morgan fingerprint density at radius 2 is 1.60 bits per heavy atom. The second kappa shape index (κ2) is 13.5. The number of benzene rings is 3. The van der Waals surface area contributed by atoms with Crippen LogP contribution in [0.5, 0.6) is 0 Å². The molecule has 1 N–H and O–H groups in total. The fraction of sp³-hybridized carbons (Fsp3) is 0.333. The van der Waals surface area contributed by atoms with Crippen LogP contribution in [0.25, 0.3) is 0 Å². The summed E-state index contributed by atoms with van der Waals surface area (Å²) in [7, 11) is -4.14. The highest BCUT2D eigenvalue weighted by Crippen LogP contribution is 2.30. The van der Waals surface area contributed by atoms with Gasteiger partial charge in [-0.2, -0.15) is 0 Å². The number of carbonyl (C=O) groups is 2. The van der Waals surface area contributed by atoms with Crippen molar-refractivity contribution >= 4 is 50.7 Å². The zero-order valence-electron chi connectivity index (χ0n) is 23.4. The first-order valence-electron chi connectivity index (χ1n) is 13.1. The van der Waals surface area contributed by atoms with E-state index in [1.165, 1.54) is 17.0 Å². The molecule has 0 aliphatic heterocycles. The van der Waals surface area contributed by atoms with E-state index in [1.54, 1.807) is 56.3 Å². The number of aryl methyl sites for hydroxylation is 2. The fourth-order valence-electron chi connectivity index (χ4n) is 4.40. The molecule has 10 heteroatoms. The molecule has 0 heterocycles. The molecule has 40 heavy (non-hydrogen) atoms. The summed E-state index contributed by atoms with van der Waals surface area (Å²) in [5.41, 5.74) is 3.58. The van der Waals surface area contributed by atoms with E-state index in [0.717, 1.165) is 21.0 Å². The van der Waals surface area contributed by atoms with Crippen LogP contribution in [0.15, 0.2) is 65.6 Å². The number of hydrogen-bond acceptors (Lipinski definition) is 4. The summed E-state index contributed by atoms with van der Waals surface area (Å²) >= 11 is 12.3. The summed E-state index contributed by atoms with van der Waals surface area (Å²) in [4.78, 5) is 28.6. The zero-order chi connectivity index (χ0) is 29.6. The van der Waals surface area contributed by atoms with Gasteiger partial charge in [0, 0.05) is 13.1 Å². The molecule has 0 aromatic heterocycles. The number of hydrogen-bond donors (Lipinski definition) is 1. The number of likely N-dealkylation sites (N-methyl/N-ethyl adjacent to an activating group) is 1. The maximum absolute atomic E-state index is 14.1. The van der Waals surface area contributed by atoms with Crippen molar-refractivity contribution in [3.05, 3.63) is 93.0 Å². The molecule has 0 saturated carbocycles. The van der Waals surface area contributed by atoms with Gasteiger partial charge in [-0.15, -0.1) is 0 Å². The van der Waals surface area contributed by atoms with E-state index in [9.17, 15) is 18.0 Å². The van der Waals surface area contributed by atoms with E-state index in [-0.39, 0.29) is 17.3 Å². The van der Waals surface area contributed by atoms with Crippen molar-refractivity contribution in [3.8, 4) is 0 Å². The summed E-state index contributed by atoms with van der Waals surface area (Å²) in [6.07, 6.45) is 0.326. The van der Waals surface area contributed by atoms with Gasteiger partial charge in [0.1, 0.15) is 12.6 Å². The number of carbonyl (C=O) groups excluding carboxylic acids is 2. The lowest BCUT2D eigenvalue weighted by molar-refractivity contribution is -0.140. The first-order chi connectivity index (χ1) is 18.9. The molecule has 0 aliphatic carbocycles. The molecule has 0 saturated heterocycles. The lowest BCUT2D eigenvalue weighted by Crippen LogP contribution is -2.52. The Bertz CT molecular complexity index is 1480. The van der Waals surface area contributed by atoms with E-state index in [0.29, 0.717) is 34.3 Å². The highest BCUT2D eigenvalue weighted by molar-refractivity contribution is 7.92. The summed E-state index contributed by atoms with van der Waals surface area (Å²) in [6.45, 7) is 9.11. The number of sulfonamides is 1. The third-order valence-electron chi connectivity index (χ3n) is 6.81. The van der Waals surface area contributed by atoms with Gasteiger partial charge in [-0.3, -0.25) is 13.9 Å². The number of nitrogens with zero attached hydrogens (tertiary/aromatic N) is 2. The smallest absolute Gasteiger partial charge is 0.264 e. The molecule has 0 spiro atoms. The van der Waals surface area contributed by atoms with Gasteiger partial charge in [0.25, 0.3) is 10.0 Å². The standard InChI is InChI=1S/C30H35Cl2N3O4S/c1-6-27(30(37)33-7-2)34(18-23-13-16-25(31)26(32)17-23)29(36)19-35(28-10-8-9-21(4)22(28)5)40(38,39)24-14-11-20(3)12-15-24/h8-17,27H,6-7,18-19H2,1-5H3,(H,33,37). The summed E-state index contributed by atoms with van der Waals surface area (Å²) in [6, 6.07) is 16.0. The molecule has 3 aromatic rings. The van der Waals surface area contributed by atoms with Crippen molar-refractivity contribution < 1.29 is 18.0 Å². The average Bonchev–Trinajstić information content (AvgIpc) is 2.91. The lowest BCUT2D eigenvalue weighted by Gasteiger charge is -2.33. The normalized spacial score (nSPS) is 12.1. The maximum atomic E-state index is 14.1. The van der Waals surface area contributed by atoms with Gasteiger partial charge in [0.05, 0.1) is 20.6 Å². The van der Waals surface area contributed by atoms with Crippen molar-refractivity contribution in [2.45, 2.75) is 58.5 Å². The van der Waals surface area contributed by atoms with Crippen LogP contribution < -0.4 is 9.62 Å². The molecule has 7 nitrogen and oxygen atoms in total. The SMILES string of the molecule is CCNC(=O)C(CC)N(Cc1ccc(Cl)c(Cl)c1)C(=O)CN(c1cccc(C)c1C)S(=O)(=O)c1ccc(C)cc1. The van der Waals surface area contributed by atoms with Gasteiger partial charge in [0.15, 0.2) is 0 Å². The van der Waals surface area contributed by atoms with Crippen LogP contribution in [0.2, 0.25) is 10.0 Å². The van der Waals surface area contributed by atoms with E-state index >= 15 is 0 Å². The van der Waals surface area contributed by atoms with E-state index in [2.05, 4.69) is 5.32 Å². The molecular weight excluding hydrogens is 569 g/mol. The largest absolute Gasteiger partial charge is 0.355 e. The number of halogens is 2. The van der Waals surface area contributed by atoms with E-state index in [4.69, 9.17) is 23.2 Å². The van der Waals surface area contributed by atoms with Crippen LogP contribution in [-0.4, -0.2) is 44.3 Å². The number of nitrogens with one attached hydrogen (secondary N) is 1. The van der Waals surface area contributed by atoms with Gasteiger partial charge >= 0.3 is 0 Å². The van der Waals surface area contributed by atoms with E-state index in [1.807, 2.05) is 26.8 Å². The Kier molecular flexibility index (Phi) is 10.6. The van der Waals surface area contributed by atoms with Crippen LogP contribution >= 0.6 is 23.2 Å². The first kappa shape index (κ1) is 31.5. The second-order valence-corrected chi connectivity index (χ2v) is 12.3. The highest BCUT2D eigenvalue weighted by Gasteiger charge is 2.34. The van der Waals surface area contributed by atoms with Crippen molar-refractivity contribution in [2.75, 3.05) is 17.4 Å². The van der Waals surface area contributed by atoms with E-state index < -0.39 is 28.5 Å². The summed E-state index contributed by atoms with van der Waals surface area (Å²) in [5, 5.41) is 3.47. The molecule has 1 atom stereocenters. The van der Waals surface area contributed by atoms with Gasteiger partial charge in [-0.1, -0.05) is 66.0 Å². The monoisotopic (exact) mass is 603 g/mol. The first-order valence-corrected chi connectivity index (χ1v) is 15.3. The topological polar surface area (TPSA) is 86.8 Å². The summed E-state index contributed by atoms with van der Waals surface area (Å²) in [5.74, 6) is -0.848. The predicted octanol–water partition coefficient (Wildman–Crippen LogP) is 6.06. The average molecular weight is 605 g/mol. The molecule has 1 unspecified atom stereocenters. The second-order valence-electron chi connectivity index (χ2n) is 9.63. The Morgan fingerprint density at radius 3 is 2.20 bits per heavy atom. The molecule has 0 radical (unpaired) electrons. The molecule has 2 amide bonds. The van der Waals surface area contributed by atoms with Crippen LogP contribution in [0.1, 0.15) is 42.5 Å². The van der Waals surface area contributed by atoms with Crippen molar-refractivity contribution in [1.82, 2.24) is 10.2 Å². The quantitative estimate of drug-likeness (QED) is 0.289. The Morgan fingerprint density at radius 1 is 0.925 bits per heavy atom. The van der Waals surface area contributed by atoms with Gasteiger partial charge < -0.3 is 10.2 Å². The van der Waals surface area contributed by atoms with Crippen LogP contribution in [0.4, 0.5) is 5.69 Å². The molecule has 0 fully saturated rings. The van der Waals surface area contributed by atoms with Gasteiger partial charge in [-0.05, 0) is 81.1 Å². The Balaban J connectivity index is 2.11. The third kappa shape index (κ3) is 7.16. The lowest BCUT2D eigenvalue weighted by atomic mass is 10.1. The fourth-order valence-corrected chi connectivity index (χ4v) is 6.20. The Labute approximate surface area is 247 Å².